The van der Waals surface area contributed by atoms with Crippen molar-refractivity contribution in [1.29, 1.82) is 0 Å². The summed E-state index contributed by atoms with van der Waals surface area (Å²) in [4.78, 5) is 6.60. The minimum Gasteiger partial charge on any atom is -0.380 e. The highest BCUT2D eigenvalue weighted by Gasteiger charge is 2.22. The third-order valence-corrected chi connectivity index (χ3v) is 2.63. The summed E-state index contributed by atoms with van der Waals surface area (Å²) in [5.74, 6) is 0. The van der Waals surface area contributed by atoms with E-state index in [1.807, 2.05) is 12.4 Å². The zero-order chi connectivity index (χ0) is 8.67. The van der Waals surface area contributed by atoms with Crippen molar-refractivity contribution >= 4 is 17.1 Å². The summed E-state index contributed by atoms with van der Waals surface area (Å²) < 4.78 is 0. The Morgan fingerprint density at radius 3 is 2.31 bits per heavy atom. The van der Waals surface area contributed by atoms with Crippen LogP contribution in [0.25, 0.3) is 0 Å². The predicted octanol–water partition coefficient (Wildman–Crippen LogP) is 0.739. The van der Waals surface area contributed by atoms with Crippen LogP contribution in [0.5, 0.6) is 0 Å². The van der Waals surface area contributed by atoms with E-state index in [1.165, 1.54) is 5.69 Å². The minimum atomic E-state index is 1.03. The van der Waals surface area contributed by atoms with E-state index in [-0.39, 0.29) is 0 Å². The van der Waals surface area contributed by atoms with E-state index in [0.717, 1.165) is 37.6 Å². The lowest BCUT2D eigenvalue weighted by molar-refractivity contribution is 0.773. The van der Waals surface area contributed by atoms with E-state index >= 15 is 0 Å². The first-order chi connectivity index (χ1) is 6.45. The lowest BCUT2D eigenvalue weighted by Crippen LogP contribution is -2.40. The summed E-state index contributed by atoms with van der Waals surface area (Å²) in [5.41, 5.74) is 3.62. The fourth-order valence-electron chi connectivity index (χ4n) is 2.04. The molecule has 0 bridgehead atoms. The maximum atomic E-state index is 4.19. The van der Waals surface area contributed by atoms with E-state index in [9.17, 15) is 0 Å². The first-order valence-corrected chi connectivity index (χ1v) is 4.66. The average Bonchev–Trinajstić information content (AvgIpc) is 2.19. The Morgan fingerprint density at radius 1 is 1.08 bits per heavy atom. The number of aromatic nitrogens is 1. The Labute approximate surface area is 77.0 Å². The number of hydrogen-bond acceptors (Lipinski definition) is 4. The molecule has 0 spiro atoms. The third-order valence-electron chi connectivity index (χ3n) is 2.63. The Kier molecular flexibility index (Phi) is 1.36. The zero-order valence-electron chi connectivity index (χ0n) is 7.38. The molecule has 0 radical (unpaired) electrons. The molecule has 2 N–H and O–H groups in total. The average molecular weight is 176 g/mol. The fourth-order valence-corrected chi connectivity index (χ4v) is 2.04. The van der Waals surface area contributed by atoms with Gasteiger partial charge in [-0.2, -0.15) is 0 Å². The van der Waals surface area contributed by atoms with Gasteiger partial charge in [0.25, 0.3) is 0 Å². The summed E-state index contributed by atoms with van der Waals surface area (Å²) in [5, 5.41) is 6.71. The molecule has 4 nitrogen and oxygen atoms in total. The summed E-state index contributed by atoms with van der Waals surface area (Å²) in [6, 6.07) is 0. The Morgan fingerprint density at radius 2 is 1.69 bits per heavy atom. The van der Waals surface area contributed by atoms with Gasteiger partial charge in [0.2, 0.25) is 0 Å². The van der Waals surface area contributed by atoms with E-state index in [1.54, 1.807) is 0 Å². The molecule has 2 aliphatic rings. The number of hydrogen-bond donors (Lipinski definition) is 2. The van der Waals surface area contributed by atoms with Crippen LogP contribution in [0.2, 0.25) is 0 Å². The molecular formula is C9H12N4. The molecule has 0 atom stereocenters. The molecule has 68 valence electrons. The van der Waals surface area contributed by atoms with Gasteiger partial charge in [-0.15, -0.1) is 0 Å². The van der Waals surface area contributed by atoms with Crippen molar-refractivity contribution in [3.63, 3.8) is 0 Å². The summed E-state index contributed by atoms with van der Waals surface area (Å²) >= 11 is 0. The molecule has 3 heterocycles. The quantitative estimate of drug-likeness (QED) is 0.611. The van der Waals surface area contributed by atoms with Crippen molar-refractivity contribution in [3.05, 3.63) is 12.4 Å². The van der Waals surface area contributed by atoms with Crippen LogP contribution < -0.4 is 15.5 Å². The number of nitrogens with zero attached hydrogens (tertiary/aromatic N) is 2. The van der Waals surface area contributed by atoms with Crippen LogP contribution in [0.1, 0.15) is 0 Å². The lowest BCUT2D eigenvalue weighted by Gasteiger charge is -2.37. The predicted molar refractivity (Wildman–Crippen MR) is 53.4 cm³/mol. The van der Waals surface area contributed by atoms with Crippen LogP contribution in [0, 0.1) is 0 Å². The van der Waals surface area contributed by atoms with Gasteiger partial charge < -0.3 is 15.5 Å². The van der Waals surface area contributed by atoms with Crippen molar-refractivity contribution < 1.29 is 0 Å². The number of pyridine rings is 1. The summed E-state index contributed by atoms with van der Waals surface area (Å²) in [7, 11) is 0. The maximum absolute atomic E-state index is 4.19. The van der Waals surface area contributed by atoms with E-state index < -0.39 is 0 Å². The van der Waals surface area contributed by atoms with E-state index in [4.69, 9.17) is 0 Å². The molecule has 0 amide bonds. The molecule has 0 saturated heterocycles. The first-order valence-electron chi connectivity index (χ1n) is 4.66. The monoisotopic (exact) mass is 176 g/mol. The summed E-state index contributed by atoms with van der Waals surface area (Å²) in [6.45, 7) is 4.26. The molecular weight excluding hydrogens is 164 g/mol. The topological polar surface area (TPSA) is 40.2 Å². The molecule has 0 aromatic carbocycles. The maximum Gasteiger partial charge on any atom is 0.0870 e. The fraction of sp³-hybridized carbons (Fsp3) is 0.444. The second kappa shape index (κ2) is 2.52. The second-order valence-electron chi connectivity index (χ2n) is 3.42. The SMILES string of the molecule is c1ncc2c3c1NCCN3CCN2. The number of anilines is 3. The normalized spacial score (nSPS) is 18.6. The highest BCUT2D eigenvalue weighted by Crippen LogP contribution is 2.36. The molecule has 1 aromatic rings. The Hall–Kier alpha value is -1.45. The van der Waals surface area contributed by atoms with Gasteiger partial charge in [-0.3, -0.25) is 4.98 Å². The minimum absolute atomic E-state index is 1.03. The van der Waals surface area contributed by atoms with Crippen LogP contribution in [-0.2, 0) is 0 Å². The van der Waals surface area contributed by atoms with Gasteiger partial charge in [0.05, 0.1) is 29.5 Å². The zero-order valence-corrected chi connectivity index (χ0v) is 7.38. The molecule has 0 fully saturated rings. The van der Waals surface area contributed by atoms with Crippen molar-refractivity contribution in [1.82, 2.24) is 4.98 Å². The van der Waals surface area contributed by atoms with Crippen LogP contribution in [-0.4, -0.2) is 31.2 Å². The van der Waals surface area contributed by atoms with Gasteiger partial charge in [0.1, 0.15) is 0 Å². The molecule has 1 aromatic heterocycles. The Balaban J connectivity index is 2.18. The summed E-state index contributed by atoms with van der Waals surface area (Å²) in [6.07, 6.45) is 3.80. The van der Waals surface area contributed by atoms with E-state index in [0.29, 0.717) is 0 Å². The van der Waals surface area contributed by atoms with Crippen LogP contribution in [0.3, 0.4) is 0 Å². The molecule has 2 aliphatic heterocycles. The van der Waals surface area contributed by atoms with Gasteiger partial charge in [0, 0.05) is 26.2 Å². The van der Waals surface area contributed by atoms with Crippen LogP contribution in [0.4, 0.5) is 17.1 Å². The van der Waals surface area contributed by atoms with Crippen molar-refractivity contribution in [2.75, 3.05) is 41.7 Å². The highest BCUT2D eigenvalue weighted by atomic mass is 15.2. The van der Waals surface area contributed by atoms with Crippen LogP contribution >= 0.6 is 0 Å². The van der Waals surface area contributed by atoms with Crippen LogP contribution in [0.15, 0.2) is 12.4 Å². The third kappa shape index (κ3) is 0.946. The van der Waals surface area contributed by atoms with Gasteiger partial charge in [-0.25, -0.2) is 0 Å². The molecule has 0 unspecified atom stereocenters. The number of rotatable bonds is 0. The van der Waals surface area contributed by atoms with Gasteiger partial charge in [-0.1, -0.05) is 0 Å². The van der Waals surface area contributed by atoms with Crippen molar-refractivity contribution in [2.24, 2.45) is 0 Å². The largest absolute Gasteiger partial charge is 0.380 e. The molecule has 3 rings (SSSR count). The van der Waals surface area contributed by atoms with Crippen molar-refractivity contribution in [3.8, 4) is 0 Å². The lowest BCUT2D eigenvalue weighted by atomic mass is 10.2. The van der Waals surface area contributed by atoms with Gasteiger partial charge >= 0.3 is 0 Å². The molecule has 0 saturated carbocycles. The second-order valence-corrected chi connectivity index (χ2v) is 3.42. The standard InChI is InChI=1S/C9H12N4/c1-3-13-4-2-12-8-6-10-5-7(11-1)9(8)13/h5-6,11-12H,1-4H2. The number of nitrogens with one attached hydrogen (secondary N) is 2. The smallest absolute Gasteiger partial charge is 0.0870 e. The van der Waals surface area contributed by atoms with Gasteiger partial charge in [0.15, 0.2) is 0 Å². The molecule has 13 heavy (non-hydrogen) atoms. The molecule has 4 heteroatoms. The van der Waals surface area contributed by atoms with Gasteiger partial charge in [-0.05, 0) is 0 Å². The highest BCUT2D eigenvalue weighted by molar-refractivity contribution is 5.84. The first kappa shape index (κ1) is 7.00. The van der Waals surface area contributed by atoms with Crippen molar-refractivity contribution in [2.45, 2.75) is 0 Å². The Bertz CT molecular complexity index is 308. The van der Waals surface area contributed by atoms with E-state index in [2.05, 4.69) is 20.5 Å². The molecule has 0 aliphatic carbocycles.